The number of pyridine rings is 1. The smallest absolute Gasteiger partial charge is 0.129 e. The van der Waals surface area contributed by atoms with E-state index in [0.717, 1.165) is 31.4 Å². The van der Waals surface area contributed by atoms with Crippen LogP contribution in [0.4, 0.5) is 5.82 Å². The maximum Gasteiger partial charge on any atom is 0.129 e. The van der Waals surface area contributed by atoms with Crippen LogP contribution < -0.4 is 10.2 Å². The molecule has 3 heteroatoms. The topological polar surface area (TPSA) is 28.2 Å². The van der Waals surface area contributed by atoms with Crippen LogP contribution >= 0.6 is 0 Å². The zero-order chi connectivity index (χ0) is 12.3. The van der Waals surface area contributed by atoms with Gasteiger partial charge in [-0.15, -0.1) is 0 Å². The first-order valence-electron chi connectivity index (χ1n) is 6.63. The van der Waals surface area contributed by atoms with E-state index in [1.807, 2.05) is 6.20 Å². The first-order chi connectivity index (χ1) is 8.20. The summed E-state index contributed by atoms with van der Waals surface area (Å²) in [5.41, 5.74) is 1.32. The highest BCUT2D eigenvalue weighted by atomic mass is 15.2. The molecule has 0 saturated carbocycles. The minimum atomic E-state index is 0.617. The molecule has 0 aromatic carbocycles. The van der Waals surface area contributed by atoms with Crippen molar-refractivity contribution < 1.29 is 0 Å². The minimum absolute atomic E-state index is 0.617. The number of aromatic nitrogens is 1. The van der Waals surface area contributed by atoms with Gasteiger partial charge in [0.25, 0.3) is 0 Å². The molecule has 1 N–H and O–H groups in total. The molecule has 1 aromatic heterocycles. The summed E-state index contributed by atoms with van der Waals surface area (Å²) in [6, 6.07) is 4.93. The Morgan fingerprint density at radius 1 is 1.47 bits per heavy atom. The third-order valence-corrected chi connectivity index (χ3v) is 3.47. The average molecular weight is 233 g/mol. The van der Waals surface area contributed by atoms with Gasteiger partial charge in [-0.3, -0.25) is 0 Å². The first kappa shape index (κ1) is 12.4. The van der Waals surface area contributed by atoms with Gasteiger partial charge >= 0.3 is 0 Å². The molecule has 0 bridgehead atoms. The lowest BCUT2D eigenvalue weighted by Gasteiger charge is -2.23. The molecular formula is C14H23N3. The van der Waals surface area contributed by atoms with E-state index in [1.165, 1.54) is 12.0 Å². The summed E-state index contributed by atoms with van der Waals surface area (Å²) in [6.45, 7) is 9.82. The number of nitrogens with one attached hydrogen (secondary N) is 1. The standard InChI is InChI=1S/C14H23N3/c1-4-15-9-13-5-6-16-14(8-13)17-10-11(2)7-12(17)3/h5-6,8,11-12,15H,4,7,9-10H2,1-3H3. The fourth-order valence-corrected chi connectivity index (χ4v) is 2.62. The zero-order valence-electron chi connectivity index (χ0n) is 11.1. The van der Waals surface area contributed by atoms with Crippen molar-refractivity contribution in [2.45, 2.75) is 39.8 Å². The second-order valence-corrected chi connectivity index (χ2v) is 5.14. The van der Waals surface area contributed by atoms with Crippen LogP contribution in [0.25, 0.3) is 0 Å². The van der Waals surface area contributed by atoms with E-state index >= 15 is 0 Å². The van der Waals surface area contributed by atoms with E-state index in [2.05, 4.69) is 48.1 Å². The quantitative estimate of drug-likeness (QED) is 0.865. The maximum atomic E-state index is 4.51. The fraction of sp³-hybridized carbons (Fsp3) is 0.643. The molecule has 1 saturated heterocycles. The van der Waals surface area contributed by atoms with E-state index in [1.54, 1.807) is 0 Å². The highest BCUT2D eigenvalue weighted by Gasteiger charge is 2.26. The molecule has 3 nitrogen and oxygen atoms in total. The Kier molecular flexibility index (Phi) is 4.00. The lowest BCUT2D eigenvalue weighted by molar-refractivity contribution is 0.625. The molecule has 0 radical (unpaired) electrons. The summed E-state index contributed by atoms with van der Waals surface area (Å²) < 4.78 is 0. The van der Waals surface area contributed by atoms with Crippen LogP contribution in [0, 0.1) is 5.92 Å². The van der Waals surface area contributed by atoms with Crippen molar-refractivity contribution in [3.05, 3.63) is 23.9 Å². The Morgan fingerprint density at radius 3 is 2.94 bits per heavy atom. The van der Waals surface area contributed by atoms with Crippen LogP contribution in [0.1, 0.15) is 32.8 Å². The molecule has 1 aliphatic heterocycles. The van der Waals surface area contributed by atoms with Crippen molar-refractivity contribution in [3.63, 3.8) is 0 Å². The highest BCUT2D eigenvalue weighted by Crippen LogP contribution is 2.27. The molecule has 1 aliphatic rings. The molecule has 1 fully saturated rings. The van der Waals surface area contributed by atoms with Gasteiger partial charge in [-0.05, 0) is 43.5 Å². The highest BCUT2D eigenvalue weighted by molar-refractivity contribution is 5.43. The summed E-state index contributed by atoms with van der Waals surface area (Å²) in [6.07, 6.45) is 3.21. The second kappa shape index (κ2) is 5.50. The molecule has 1 aromatic rings. The molecule has 17 heavy (non-hydrogen) atoms. The van der Waals surface area contributed by atoms with Gasteiger partial charge in [-0.1, -0.05) is 13.8 Å². The van der Waals surface area contributed by atoms with Gasteiger partial charge in [0, 0.05) is 25.3 Å². The van der Waals surface area contributed by atoms with Crippen LogP contribution in [0.3, 0.4) is 0 Å². The largest absolute Gasteiger partial charge is 0.354 e. The van der Waals surface area contributed by atoms with Gasteiger partial charge in [0.2, 0.25) is 0 Å². The van der Waals surface area contributed by atoms with Gasteiger partial charge in [0.15, 0.2) is 0 Å². The van der Waals surface area contributed by atoms with E-state index < -0.39 is 0 Å². The normalized spacial score (nSPS) is 24.3. The molecule has 2 unspecified atom stereocenters. The molecule has 94 valence electrons. The molecular weight excluding hydrogens is 210 g/mol. The van der Waals surface area contributed by atoms with Crippen molar-refractivity contribution in [3.8, 4) is 0 Å². The summed E-state index contributed by atoms with van der Waals surface area (Å²) in [7, 11) is 0. The zero-order valence-corrected chi connectivity index (χ0v) is 11.1. The van der Waals surface area contributed by atoms with Gasteiger partial charge in [-0.2, -0.15) is 0 Å². The maximum absolute atomic E-state index is 4.51. The lowest BCUT2D eigenvalue weighted by atomic mass is 10.1. The van der Waals surface area contributed by atoms with Crippen molar-refractivity contribution in [2.24, 2.45) is 5.92 Å². The fourth-order valence-electron chi connectivity index (χ4n) is 2.62. The van der Waals surface area contributed by atoms with E-state index in [9.17, 15) is 0 Å². The van der Waals surface area contributed by atoms with E-state index in [-0.39, 0.29) is 0 Å². The van der Waals surface area contributed by atoms with Crippen LogP contribution in [0.5, 0.6) is 0 Å². The van der Waals surface area contributed by atoms with Crippen molar-refractivity contribution >= 4 is 5.82 Å². The molecule has 2 heterocycles. The molecule has 2 rings (SSSR count). The lowest BCUT2D eigenvalue weighted by Crippen LogP contribution is -2.27. The van der Waals surface area contributed by atoms with Crippen molar-refractivity contribution in [2.75, 3.05) is 18.0 Å². The van der Waals surface area contributed by atoms with Crippen LogP contribution in [-0.2, 0) is 6.54 Å². The van der Waals surface area contributed by atoms with Gasteiger partial charge < -0.3 is 10.2 Å². The first-order valence-corrected chi connectivity index (χ1v) is 6.63. The van der Waals surface area contributed by atoms with E-state index in [0.29, 0.717) is 6.04 Å². The van der Waals surface area contributed by atoms with Gasteiger partial charge in [0.1, 0.15) is 5.82 Å². The minimum Gasteiger partial charge on any atom is -0.354 e. The van der Waals surface area contributed by atoms with Crippen molar-refractivity contribution in [1.82, 2.24) is 10.3 Å². The number of anilines is 1. The van der Waals surface area contributed by atoms with Crippen LogP contribution in [-0.4, -0.2) is 24.1 Å². The predicted molar refractivity (Wildman–Crippen MR) is 72.2 cm³/mol. The number of hydrogen-bond donors (Lipinski definition) is 1. The molecule has 0 amide bonds. The molecule has 2 atom stereocenters. The third-order valence-electron chi connectivity index (χ3n) is 3.47. The number of nitrogens with zero attached hydrogens (tertiary/aromatic N) is 2. The second-order valence-electron chi connectivity index (χ2n) is 5.14. The number of hydrogen-bond acceptors (Lipinski definition) is 3. The Labute approximate surface area is 104 Å². The summed E-state index contributed by atoms with van der Waals surface area (Å²) in [5.74, 6) is 1.92. The predicted octanol–water partition coefficient (Wildman–Crippen LogP) is 2.43. The summed E-state index contributed by atoms with van der Waals surface area (Å²) in [5, 5.41) is 3.36. The number of rotatable bonds is 4. The summed E-state index contributed by atoms with van der Waals surface area (Å²) in [4.78, 5) is 6.94. The summed E-state index contributed by atoms with van der Waals surface area (Å²) >= 11 is 0. The van der Waals surface area contributed by atoms with Gasteiger partial charge in [-0.25, -0.2) is 4.98 Å². The monoisotopic (exact) mass is 233 g/mol. The Bertz CT molecular complexity index is 364. The van der Waals surface area contributed by atoms with Crippen LogP contribution in [0.15, 0.2) is 18.3 Å². The van der Waals surface area contributed by atoms with E-state index in [4.69, 9.17) is 0 Å². The van der Waals surface area contributed by atoms with Crippen LogP contribution in [0.2, 0.25) is 0 Å². The van der Waals surface area contributed by atoms with Crippen molar-refractivity contribution in [1.29, 1.82) is 0 Å². The molecule has 0 aliphatic carbocycles. The van der Waals surface area contributed by atoms with Gasteiger partial charge in [0.05, 0.1) is 0 Å². The molecule has 0 spiro atoms. The Morgan fingerprint density at radius 2 is 2.29 bits per heavy atom. The SMILES string of the molecule is CCNCc1ccnc(N2CC(C)CC2C)c1. The Balaban J connectivity index is 2.10. The average Bonchev–Trinajstić information content (AvgIpc) is 2.66. The third kappa shape index (κ3) is 2.97. The Hall–Kier alpha value is -1.09.